The summed E-state index contributed by atoms with van der Waals surface area (Å²) in [6.45, 7) is 2.25. The van der Waals surface area contributed by atoms with Gasteiger partial charge in [-0.25, -0.2) is 0 Å². The van der Waals surface area contributed by atoms with Gasteiger partial charge in [0.15, 0.2) is 0 Å². The van der Waals surface area contributed by atoms with Gasteiger partial charge in [-0.2, -0.15) is 0 Å². The number of hydrogen-bond donors (Lipinski definition) is 0. The van der Waals surface area contributed by atoms with Crippen molar-refractivity contribution >= 4 is 20.9 Å². The molecule has 0 bridgehead atoms. The van der Waals surface area contributed by atoms with Gasteiger partial charge in [-0.3, -0.25) is 0 Å². The summed E-state index contributed by atoms with van der Waals surface area (Å²) in [5.74, 6) is -0.0644. The fourth-order valence-electron chi connectivity index (χ4n) is 1.31. The Morgan fingerprint density at radius 3 is 2.33 bits per heavy atom. The van der Waals surface area contributed by atoms with Gasteiger partial charge in [0.05, 0.1) is 0 Å². The molecule has 0 amide bonds. The number of carbonyl (C=O) groups is 1. The Balaban J connectivity index is 2.95. The van der Waals surface area contributed by atoms with Crippen molar-refractivity contribution in [3.63, 3.8) is 0 Å². The number of methoxy groups -OCH3 is 1. The molecule has 0 aromatic heterocycles. The molecule has 0 saturated carbocycles. The molecule has 0 fully saturated rings. The number of rotatable bonds is 10. The first-order valence-electron chi connectivity index (χ1n) is 5.95. The molecule has 0 aromatic rings. The summed E-state index contributed by atoms with van der Waals surface area (Å²) in [6.07, 6.45) is 8.32. The zero-order valence-corrected chi connectivity index (χ0v) is 11.8. The van der Waals surface area contributed by atoms with Crippen LogP contribution in [0.1, 0.15) is 51.9 Å². The SMILES string of the molecule is CCCCCC[Se]CCCCC(=O)OC. The maximum atomic E-state index is 10.8. The van der Waals surface area contributed by atoms with Crippen molar-refractivity contribution in [2.75, 3.05) is 7.11 Å². The summed E-state index contributed by atoms with van der Waals surface area (Å²) < 4.78 is 4.59. The molecule has 0 aliphatic carbocycles. The first-order valence-corrected chi connectivity index (χ1v) is 8.38. The van der Waals surface area contributed by atoms with Crippen molar-refractivity contribution in [2.24, 2.45) is 0 Å². The third-order valence-electron chi connectivity index (χ3n) is 2.29. The van der Waals surface area contributed by atoms with E-state index in [2.05, 4.69) is 11.7 Å². The Labute approximate surface area is 100 Å². The van der Waals surface area contributed by atoms with E-state index in [0.29, 0.717) is 6.42 Å². The first kappa shape index (κ1) is 15.0. The average molecular weight is 279 g/mol. The minimum atomic E-state index is -0.0644. The second-order valence-corrected chi connectivity index (χ2v) is 6.28. The van der Waals surface area contributed by atoms with Crippen molar-refractivity contribution in [3.05, 3.63) is 0 Å². The van der Waals surface area contributed by atoms with Gasteiger partial charge in [0.25, 0.3) is 0 Å². The number of ether oxygens (including phenoxy) is 1. The zero-order valence-electron chi connectivity index (χ0n) is 10.1. The number of esters is 1. The summed E-state index contributed by atoms with van der Waals surface area (Å²) >= 11 is 0.809. The molecule has 0 spiro atoms. The summed E-state index contributed by atoms with van der Waals surface area (Å²) in [6, 6.07) is 0. The third-order valence-corrected chi connectivity index (χ3v) is 4.71. The Morgan fingerprint density at radius 2 is 1.73 bits per heavy atom. The van der Waals surface area contributed by atoms with E-state index >= 15 is 0 Å². The first-order chi connectivity index (χ1) is 7.31. The molecule has 15 heavy (non-hydrogen) atoms. The van der Waals surface area contributed by atoms with Gasteiger partial charge < -0.3 is 0 Å². The van der Waals surface area contributed by atoms with E-state index < -0.39 is 0 Å². The predicted molar refractivity (Wildman–Crippen MR) is 65.4 cm³/mol. The Hall–Kier alpha value is -0.0105. The molecule has 0 aliphatic heterocycles. The minimum absolute atomic E-state index is 0.0644. The second kappa shape index (κ2) is 12.1. The molecule has 0 atom stereocenters. The van der Waals surface area contributed by atoms with Crippen molar-refractivity contribution in [1.82, 2.24) is 0 Å². The molecule has 0 saturated heterocycles. The van der Waals surface area contributed by atoms with Crippen LogP contribution in [0, 0.1) is 0 Å². The van der Waals surface area contributed by atoms with Gasteiger partial charge in [-0.1, -0.05) is 0 Å². The molecule has 0 heterocycles. The molecule has 0 aliphatic rings. The molecular weight excluding hydrogens is 255 g/mol. The normalized spacial score (nSPS) is 10.3. The molecule has 3 heteroatoms. The number of carbonyl (C=O) groups excluding carboxylic acids is 1. The standard InChI is InChI=1S/C12H24O2Se/c1-3-4-5-7-10-15-11-8-6-9-12(13)14-2/h3-11H2,1-2H3. The van der Waals surface area contributed by atoms with Crippen molar-refractivity contribution in [2.45, 2.75) is 62.5 Å². The van der Waals surface area contributed by atoms with Gasteiger partial charge >= 0.3 is 100 Å². The molecule has 0 aromatic carbocycles. The van der Waals surface area contributed by atoms with Crippen molar-refractivity contribution in [1.29, 1.82) is 0 Å². The van der Waals surface area contributed by atoms with Crippen LogP contribution in [0.15, 0.2) is 0 Å². The Morgan fingerprint density at radius 1 is 1.07 bits per heavy atom. The molecule has 0 rings (SSSR count). The predicted octanol–water partition coefficient (Wildman–Crippen LogP) is 3.45. The van der Waals surface area contributed by atoms with Crippen LogP contribution in [-0.4, -0.2) is 28.0 Å². The maximum absolute atomic E-state index is 10.8. The van der Waals surface area contributed by atoms with Crippen LogP contribution in [0.25, 0.3) is 0 Å². The molecule has 0 unspecified atom stereocenters. The average Bonchev–Trinajstić information content (AvgIpc) is 2.26. The van der Waals surface area contributed by atoms with Crippen LogP contribution in [0.3, 0.4) is 0 Å². The van der Waals surface area contributed by atoms with Crippen LogP contribution in [0.4, 0.5) is 0 Å². The summed E-state index contributed by atoms with van der Waals surface area (Å²) in [7, 11) is 1.46. The Kier molecular flexibility index (Phi) is 12.1. The van der Waals surface area contributed by atoms with Crippen molar-refractivity contribution in [3.8, 4) is 0 Å². The van der Waals surface area contributed by atoms with E-state index in [4.69, 9.17) is 0 Å². The van der Waals surface area contributed by atoms with E-state index in [1.807, 2.05) is 0 Å². The van der Waals surface area contributed by atoms with Crippen molar-refractivity contribution < 1.29 is 9.53 Å². The molecule has 90 valence electrons. The summed E-state index contributed by atoms with van der Waals surface area (Å²) in [5, 5.41) is 2.75. The molecule has 0 radical (unpaired) electrons. The Bertz CT molecular complexity index is 149. The van der Waals surface area contributed by atoms with Crippen LogP contribution in [0.2, 0.25) is 10.6 Å². The van der Waals surface area contributed by atoms with E-state index in [-0.39, 0.29) is 5.97 Å². The van der Waals surface area contributed by atoms with E-state index in [1.165, 1.54) is 49.9 Å². The third kappa shape index (κ3) is 11.9. The zero-order chi connectivity index (χ0) is 11.4. The second-order valence-electron chi connectivity index (χ2n) is 3.71. The van der Waals surface area contributed by atoms with E-state index in [0.717, 1.165) is 21.4 Å². The van der Waals surface area contributed by atoms with Gasteiger partial charge in [-0.15, -0.1) is 0 Å². The van der Waals surface area contributed by atoms with E-state index in [9.17, 15) is 4.79 Å². The van der Waals surface area contributed by atoms with Gasteiger partial charge in [0.2, 0.25) is 0 Å². The fraction of sp³-hybridized carbons (Fsp3) is 0.917. The molecule has 0 N–H and O–H groups in total. The summed E-state index contributed by atoms with van der Waals surface area (Å²) in [4.78, 5) is 10.8. The van der Waals surface area contributed by atoms with Crippen LogP contribution < -0.4 is 0 Å². The fourth-order valence-corrected chi connectivity index (χ4v) is 3.45. The number of hydrogen-bond acceptors (Lipinski definition) is 2. The molecule has 2 nitrogen and oxygen atoms in total. The van der Waals surface area contributed by atoms with Crippen LogP contribution in [0.5, 0.6) is 0 Å². The van der Waals surface area contributed by atoms with Crippen LogP contribution in [-0.2, 0) is 9.53 Å². The molecular formula is C12H24O2Se. The van der Waals surface area contributed by atoms with Crippen LogP contribution >= 0.6 is 0 Å². The monoisotopic (exact) mass is 280 g/mol. The topological polar surface area (TPSA) is 26.3 Å². The van der Waals surface area contributed by atoms with Gasteiger partial charge in [0, 0.05) is 0 Å². The van der Waals surface area contributed by atoms with Gasteiger partial charge in [-0.05, 0) is 0 Å². The quantitative estimate of drug-likeness (QED) is 0.348. The van der Waals surface area contributed by atoms with Gasteiger partial charge in [0.1, 0.15) is 0 Å². The van der Waals surface area contributed by atoms with E-state index in [1.54, 1.807) is 0 Å². The number of unbranched alkanes of at least 4 members (excludes halogenated alkanes) is 4. The summed E-state index contributed by atoms with van der Waals surface area (Å²) in [5.41, 5.74) is 0.